The zero-order valence-corrected chi connectivity index (χ0v) is 15.1. The molecule has 4 heteroatoms. The molecule has 134 valence electrons. The molecular formula is C23H21N3O. The second-order valence-corrected chi connectivity index (χ2v) is 6.60. The minimum Gasteiger partial charge on any atom is -0.356 e. The highest BCUT2D eigenvalue weighted by molar-refractivity contribution is 6.02. The smallest absolute Gasteiger partial charge is 0.255 e. The first-order chi connectivity index (χ1) is 13.3. The topological polar surface area (TPSA) is 45.2 Å². The van der Waals surface area contributed by atoms with Gasteiger partial charge in [-0.2, -0.15) is 0 Å². The van der Waals surface area contributed by atoms with Crippen LogP contribution >= 0.6 is 0 Å². The summed E-state index contributed by atoms with van der Waals surface area (Å²) < 4.78 is 0. The monoisotopic (exact) mass is 355 g/mol. The Hall–Kier alpha value is -3.32. The molecule has 1 amide bonds. The van der Waals surface area contributed by atoms with Gasteiger partial charge in [-0.15, -0.1) is 0 Å². The zero-order chi connectivity index (χ0) is 18.5. The molecule has 1 saturated heterocycles. The van der Waals surface area contributed by atoms with Crippen molar-refractivity contribution in [2.75, 3.05) is 24.5 Å². The minimum atomic E-state index is -0.127. The van der Waals surface area contributed by atoms with Crippen LogP contribution in [0, 0.1) is 11.8 Å². The molecule has 0 radical (unpaired) electrons. The second-order valence-electron chi connectivity index (χ2n) is 6.60. The first kappa shape index (κ1) is 17.1. The Morgan fingerprint density at radius 3 is 2.59 bits per heavy atom. The number of rotatable bonds is 3. The van der Waals surface area contributed by atoms with E-state index in [1.807, 2.05) is 60.7 Å². The molecule has 4 nitrogen and oxygen atoms in total. The molecule has 3 aromatic rings. The standard InChI is InChI=1S/C23H21N3O/c27-23(24-14-8-11-18-9-2-1-3-10-18)20-17-19-12-4-5-13-21(19)25-22(20)26-15-6-7-16-26/h1-5,9-10,12-13,17H,6-7,14-16H2,(H,24,27). The number of amides is 1. The van der Waals surface area contributed by atoms with E-state index >= 15 is 0 Å². The van der Waals surface area contributed by atoms with Crippen LogP contribution in [0.15, 0.2) is 60.7 Å². The van der Waals surface area contributed by atoms with Crippen LogP contribution in [0.3, 0.4) is 0 Å². The molecule has 0 atom stereocenters. The lowest BCUT2D eigenvalue weighted by atomic mass is 10.1. The quantitative estimate of drug-likeness (QED) is 0.730. The Bertz CT molecular complexity index is 1010. The van der Waals surface area contributed by atoms with Gasteiger partial charge >= 0.3 is 0 Å². The van der Waals surface area contributed by atoms with Gasteiger partial charge in [0.2, 0.25) is 0 Å². The fourth-order valence-corrected chi connectivity index (χ4v) is 3.33. The van der Waals surface area contributed by atoms with E-state index in [1.54, 1.807) is 0 Å². The van der Waals surface area contributed by atoms with Crippen molar-refractivity contribution in [2.24, 2.45) is 0 Å². The summed E-state index contributed by atoms with van der Waals surface area (Å²) >= 11 is 0. The number of benzene rings is 2. The van der Waals surface area contributed by atoms with E-state index in [1.165, 1.54) is 0 Å². The molecule has 27 heavy (non-hydrogen) atoms. The normalized spacial score (nSPS) is 13.3. The van der Waals surface area contributed by atoms with Crippen LogP contribution in [0.25, 0.3) is 10.9 Å². The van der Waals surface area contributed by atoms with E-state index in [0.717, 1.165) is 48.2 Å². The molecule has 1 aliphatic rings. The molecule has 1 fully saturated rings. The third kappa shape index (κ3) is 3.93. The van der Waals surface area contributed by atoms with Crippen molar-refractivity contribution in [1.29, 1.82) is 0 Å². The van der Waals surface area contributed by atoms with Crippen LogP contribution in [0.4, 0.5) is 5.82 Å². The Morgan fingerprint density at radius 1 is 1.04 bits per heavy atom. The number of carbonyl (C=O) groups excluding carboxylic acids is 1. The largest absolute Gasteiger partial charge is 0.356 e. The first-order valence-corrected chi connectivity index (χ1v) is 9.28. The number of carbonyl (C=O) groups is 1. The minimum absolute atomic E-state index is 0.127. The molecule has 2 aromatic carbocycles. The highest BCUT2D eigenvalue weighted by Gasteiger charge is 2.21. The van der Waals surface area contributed by atoms with Crippen molar-refractivity contribution < 1.29 is 4.79 Å². The number of aromatic nitrogens is 1. The van der Waals surface area contributed by atoms with Crippen molar-refractivity contribution in [3.05, 3.63) is 71.8 Å². The molecule has 0 saturated carbocycles. The van der Waals surface area contributed by atoms with Gasteiger partial charge in [0.05, 0.1) is 17.6 Å². The maximum Gasteiger partial charge on any atom is 0.255 e. The average Bonchev–Trinajstić information content (AvgIpc) is 3.25. The molecule has 1 N–H and O–H groups in total. The maximum absolute atomic E-state index is 12.8. The fraction of sp³-hybridized carbons (Fsp3) is 0.217. The Balaban J connectivity index is 1.56. The van der Waals surface area contributed by atoms with Crippen molar-refractivity contribution in [2.45, 2.75) is 12.8 Å². The molecule has 1 aromatic heterocycles. The van der Waals surface area contributed by atoms with E-state index in [2.05, 4.69) is 22.1 Å². The van der Waals surface area contributed by atoms with Crippen molar-refractivity contribution in [1.82, 2.24) is 10.3 Å². The van der Waals surface area contributed by atoms with Gasteiger partial charge in [0, 0.05) is 24.0 Å². The number of hydrogen-bond acceptors (Lipinski definition) is 3. The zero-order valence-electron chi connectivity index (χ0n) is 15.1. The highest BCUT2D eigenvalue weighted by atomic mass is 16.1. The van der Waals surface area contributed by atoms with Gasteiger partial charge in [-0.1, -0.05) is 48.2 Å². The van der Waals surface area contributed by atoms with Crippen molar-refractivity contribution in [3.63, 3.8) is 0 Å². The Kier molecular flexibility index (Phi) is 5.02. The molecule has 2 heterocycles. The van der Waals surface area contributed by atoms with Gasteiger partial charge in [-0.3, -0.25) is 4.79 Å². The van der Waals surface area contributed by atoms with E-state index in [4.69, 9.17) is 4.98 Å². The van der Waals surface area contributed by atoms with Crippen molar-refractivity contribution in [3.8, 4) is 11.8 Å². The molecular weight excluding hydrogens is 334 g/mol. The fourth-order valence-electron chi connectivity index (χ4n) is 3.33. The SMILES string of the molecule is O=C(NCC#Cc1ccccc1)c1cc2ccccc2nc1N1CCCC1. The van der Waals surface area contributed by atoms with E-state index in [-0.39, 0.29) is 5.91 Å². The number of anilines is 1. The van der Waals surface area contributed by atoms with Crippen LogP contribution < -0.4 is 10.2 Å². The summed E-state index contributed by atoms with van der Waals surface area (Å²) in [7, 11) is 0. The number of nitrogens with zero attached hydrogens (tertiary/aromatic N) is 2. The number of nitrogens with one attached hydrogen (secondary N) is 1. The summed E-state index contributed by atoms with van der Waals surface area (Å²) in [6.07, 6.45) is 2.27. The average molecular weight is 355 g/mol. The van der Waals surface area contributed by atoms with Gasteiger partial charge in [0.15, 0.2) is 0 Å². The molecule has 1 aliphatic heterocycles. The summed E-state index contributed by atoms with van der Waals surface area (Å²) in [6, 6.07) is 19.6. The van der Waals surface area contributed by atoms with Crippen LogP contribution in [0.1, 0.15) is 28.8 Å². The molecule has 0 bridgehead atoms. The lowest BCUT2D eigenvalue weighted by Gasteiger charge is -2.20. The van der Waals surface area contributed by atoms with Crippen LogP contribution in [0.5, 0.6) is 0 Å². The number of hydrogen-bond donors (Lipinski definition) is 1. The predicted octanol–water partition coefficient (Wildman–Crippen LogP) is 3.62. The summed E-state index contributed by atoms with van der Waals surface area (Å²) in [5.74, 6) is 6.72. The number of para-hydroxylation sites is 1. The first-order valence-electron chi connectivity index (χ1n) is 9.28. The number of pyridine rings is 1. The van der Waals surface area contributed by atoms with Gasteiger partial charge in [-0.05, 0) is 37.1 Å². The van der Waals surface area contributed by atoms with Gasteiger partial charge in [-0.25, -0.2) is 4.98 Å². The van der Waals surface area contributed by atoms with E-state index < -0.39 is 0 Å². The van der Waals surface area contributed by atoms with Gasteiger partial charge in [0.1, 0.15) is 5.82 Å². The Labute approximate surface area is 159 Å². The molecule has 0 unspecified atom stereocenters. The summed E-state index contributed by atoms with van der Waals surface area (Å²) in [5.41, 5.74) is 2.48. The van der Waals surface area contributed by atoms with Gasteiger partial charge in [0.25, 0.3) is 5.91 Å². The van der Waals surface area contributed by atoms with Crippen LogP contribution in [0.2, 0.25) is 0 Å². The third-order valence-corrected chi connectivity index (χ3v) is 4.70. The van der Waals surface area contributed by atoms with Crippen LogP contribution in [-0.2, 0) is 0 Å². The molecule has 4 rings (SSSR count). The maximum atomic E-state index is 12.8. The third-order valence-electron chi connectivity index (χ3n) is 4.70. The highest BCUT2D eigenvalue weighted by Crippen LogP contribution is 2.26. The Morgan fingerprint density at radius 2 is 1.78 bits per heavy atom. The molecule has 0 spiro atoms. The van der Waals surface area contributed by atoms with Crippen LogP contribution in [-0.4, -0.2) is 30.5 Å². The second kappa shape index (κ2) is 7.92. The van der Waals surface area contributed by atoms with E-state index in [0.29, 0.717) is 12.1 Å². The molecule has 0 aliphatic carbocycles. The summed E-state index contributed by atoms with van der Waals surface area (Å²) in [4.78, 5) is 19.8. The van der Waals surface area contributed by atoms with E-state index in [9.17, 15) is 4.79 Å². The predicted molar refractivity (Wildman–Crippen MR) is 109 cm³/mol. The number of fused-ring (bicyclic) bond motifs is 1. The summed E-state index contributed by atoms with van der Waals surface area (Å²) in [5, 5.41) is 3.89. The lowest BCUT2D eigenvalue weighted by Crippen LogP contribution is -2.28. The van der Waals surface area contributed by atoms with Crippen molar-refractivity contribution >= 4 is 22.6 Å². The van der Waals surface area contributed by atoms with Gasteiger partial charge < -0.3 is 10.2 Å². The summed E-state index contributed by atoms with van der Waals surface area (Å²) in [6.45, 7) is 2.19. The lowest BCUT2D eigenvalue weighted by molar-refractivity contribution is 0.0959.